The zero-order valence-corrected chi connectivity index (χ0v) is 19.0. The highest BCUT2D eigenvalue weighted by atomic mass is 16.5. The third-order valence-corrected chi connectivity index (χ3v) is 7.03. The number of aromatic nitrogens is 4. The van der Waals surface area contributed by atoms with Crippen molar-refractivity contribution in [2.45, 2.75) is 69.8 Å². The van der Waals surface area contributed by atoms with Gasteiger partial charge in [0, 0.05) is 49.5 Å². The summed E-state index contributed by atoms with van der Waals surface area (Å²) in [6, 6.07) is 6.65. The van der Waals surface area contributed by atoms with Gasteiger partial charge in [-0.15, -0.1) is 0 Å². The second-order valence-electron chi connectivity index (χ2n) is 9.46. The Morgan fingerprint density at radius 3 is 2.52 bits per heavy atom. The summed E-state index contributed by atoms with van der Waals surface area (Å²) in [5.74, 6) is 2.54. The predicted octanol–water partition coefficient (Wildman–Crippen LogP) is 3.90. The van der Waals surface area contributed by atoms with Crippen LogP contribution in [-0.4, -0.2) is 57.4 Å². The molecule has 8 nitrogen and oxygen atoms in total. The number of morpholine rings is 1. The zero-order valence-electron chi connectivity index (χ0n) is 19.0. The SMILES string of the molecule is Cc1nccc(N[C@H]2CC[C@@H](Oc3cc(N4CC5CCC(C4)O5)cc4nccnc34)CC2)n1. The fraction of sp³-hybridized carbons (Fsp3) is 0.520. The lowest BCUT2D eigenvalue weighted by atomic mass is 9.93. The van der Waals surface area contributed by atoms with E-state index in [1.165, 1.54) is 0 Å². The molecular weight excluding hydrogens is 416 g/mol. The first kappa shape index (κ1) is 20.6. The maximum atomic E-state index is 6.57. The molecule has 1 N–H and O–H groups in total. The molecule has 0 radical (unpaired) electrons. The van der Waals surface area contributed by atoms with Crippen LogP contribution in [0, 0.1) is 6.92 Å². The van der Waals surface area contributed by atoms with Crippen LogP contribution < -0.4 is 15.0 Å². The molecular formula is C25H30N6O2. The molecule has 2 atom stereocenters. The molecule has 1 aromatic carbocycles. The van der Waals surface area contributed by atoms with Crippen molar-refractivity contribution < 1.29 is 9.47 Å². The highest BCUT2D eigenvalue weighted by Gasteiger charge is 2.34. The molecule has 3 aliphatic rings. The molecule has 2 aromatic heterocycles. The van der Waals surface area contributed by atoms with Gasteiger partial charge in [-0.1, -0.05) is 0 Å². The normalized spacial score (nSPS) is 27.0. The summed E-state index contributed by atoms with van der Waals surface area (Å²) >= 11 is 0. The zero-order chi connectivity index (χ0) is 22.2. The van der Waals surface area contributed by atoms with Gasteiger partial charge in [-0.25, -0.2) is 15.0 Å². The van der Waals surface area contributed by atoms with E-state index in [1.54, 1.807) is 18.6 Å². The van der Waals surface area contributed by atoms with E-state index in [4.69, 9.17) is 9.47 Å². The molecule has 8 heteroatoms. The monoisotopic (exact) mass is 446 g/mol. The number of nitrogens with one attached hydrogen (secondary N) is 1. The molecule has 3 aromatic rings. The lowest BCUT2D eigenvalue weighted by Gasteiger charge is -2.34. The number of aryl methyl sites for hydroxylation is 1. The standard InChI is InChI=1S/C25H30N6O2/c1-16-26-9-8-24(29-16)30-17-2-4-19(5-3-17)33-23-13-18(12-22-25(23)28-11-10-27-22)31-14-20-6-7-21(15-31)32-20/h8-13,17,19-21H,2-7,14-15H2,1H3,(H,26,29,30)/t17-,19+,20?,21?. The molecule has 0 spiro atoms. The summed E-state index contributed by atoms with van der Waals surface area (Å²) in [6.45, 7) is 3.78. The summed E-state index contributed by atoms with van der Waals surface area (Å²) in [6.07, 6.45) is 12.6. The van der Waals surface area contributed by atoms with Gasteiger partial charge in [0.05, 0.1) is 23.8 Å². The van der Waals surface area contributed by atoms with E-state index in [9.17, 15) is 0 Å². The Kier molecular flexibility index (Phi) is 5.46. The van der Waals surface area contributed by atoms with Crippen LogP contribution in [0.2, 0.25) is 0 Å². The van der Waals surface area contributed by atoms with Gasteiger partial charge in [-0.3, -0.25) is 4.98 Å². The van der Waals surface area contributed by atoms with Gasteiger partial charge >= 0.3 is 0 Å². The number of benzene rings is 1. The van der Waals surface area contributed by atoms with Crippen LogP contribution in [0.25, 0.3) is 11.0 Å². The maximum Gasteiger partial charge on any atom is 0.149 e. The van der Waals surface area contributed by atoms with E-state index >= 15 is 0 Å². The molecule has 2 saturated heterocycles. The molecule has 172 valence electrons. The van der Waals surface area contributed by atoms with Crippen molar-refractivity contribution in [1.29, 1.82) is 0 Å². The highest BCUT2D eigenvalue weighted by molar-refractivity contribution is 5.85. The molecule has 2 aliphatic heterocycles. The van der Waals surface area contributed by atoms with Crippen molar-refractivity contribution in [2.75, 3.05) is 23.3 Å². The number of fused-ring (bicyclic) bond motifs is 3. The Morgan fingerprint density at radius 1 is 0.939 bits per heavy atom. The first-order valence-electron chi connectivity index (χ1n) is 12.1. The van der Waals surface area contributed by atoms with Crippen molar-refractivity contribution in [3.05, 3.63) is 42.6 Å². The molecule has 3 fully saturated rings. The van der Waals surface area contributed by atoms with Gasteiger partial charge in [0.15, 0.2) is 0 Å². The van der Waals surface area contributed by atoms with Gasteiger partial charge in [-0.2, -0.15) is 0 Å². The number of hydrogen-bond acceptors (Lipinski definition) is 8. The van der Waals surface area contributed by atoms with Crippen molar-refractivity contribution in [1.82, 2.24) is 19.9 Å². The van der Waals surface area contributed by atoms with Crippen LogP contribution in [0.1, 0.15) is 44.3 Å². The average Bonchev–Trinajstić information content (AvgIpc) is 3.17. The van der Waals surface area contributed by atoms with Crippen LogP contribution in [0.3, 0.4) is 0 Å². The Morgan fingerprint density at radius 2 is 1.73 bits per heavy atom. The third kappa shape index (κ3) is 4.44. The van der Waals surface area contributed by atoms with Crippen molar-refractivity contribution in [3.63, 3.8) is 0 Å². The Bertz CT molecular complexity index is 1120. The summed E-state index contributed by atoms with van der Waals surface area (Å²) in [4.78, 5) is 20.3. The topological polar surface area (TPSA) is 85.3 Å². The van der Waals surface area contributed by atoms with Gasteiger partial charge in [-0.05, 0) is 57.6 Å². The number of hydrogen-bond donors (Lipinski definition) is 1. The van der Waals surface area contributed by atoms with Crippen molar-refractivity contribution in [2.24, 2.45) is 0 Å². The van der Waals surface area contributed by atoms with Gasteiger partial charge in [0.1, 0.15) is 22.9 Å². The predicted molar refractivity (Wildman–Crippen MR) is 127 cm³/mol. The summed E-state index contributed by atoms with van der Waals surface area (Å²) < 4.78 is 12.6. The second-order valence-corrected chi connectivity index (χ2v) is 9.46. The second kappa shape index (κ2) is 8.74. The number of ether oxygens (including phenoxy) is 2. The van der Waals surface area contributed by atoms with Gasteiger partial charge in [0.2, 0.25) is 0 Å². The third-order valence-electron chi connectivity index (χ3n) is 7.03. The van der Waals surface area contributed by atoms with Gasteiger partial charge in [0.25, 0.3) is 0 Å². The maximum absolute atomic E-state index is 6.57. The molecule has 33 heavy (non-hydrogen) atoms. The van der Waals surface area contributed by atoms with Crippen molar-refractivity contribution in [3.8, 4) is 5.75 Å². The van der Waals surface area contributed by atoms with E-state index in [-0.39, 0.29) is 6.10 Å². The molecule has 4 heterocycles. The van der Waals surface area contributed by atoms with Crippen molar-refractivity contribution >= 4 is 22.5 Å². The Balaban J connectivity index is 1.16. The first-order valence-corrected chi connectivity index (χ1v) is 12.1. The summed E-state index contributed by atoms with van der Waals surface area (Å²) in [5, 5.41) is 3.55. The molecule has 1 saturated carbocycles. The van der Waals surface area contributed by atoms with Crippen LogP contribution in [0.15, 0.2) is 36.8 Å². The van der Waals surface area contributed by atoms with E-state index in [0.29, 0.717) is 18.2 Å². The minimum absolute atomic E-state index is 0.177. The van der Waals surface area contributed by atoms with E-state index < -0.39 is 0 Å². The number of anilines is 2. The fourth-order valence-corrected chi connectivity index (χ4v) is 5.38. The fourth-order valence-electron chi connectivity index (χ4n) is 5.38. The first-order chi connectivity index (χ1) is 16.2. The summed E-state index contributed by atoms with van der Waals surface area (Å²) in [5.41, 5.74) is 2.89. The molecule has 2 unspecified atom stereocenters. The quantitative estimate of drug-likeness (QED) is 0.632. The number of nitrogens with zero attached hydrogens (tertiary/aromatic N) is 5. The van der Waals surface area contributed by atoms with Crippen LogP contribution in [0.4, 0.5) is 11.5 Å². The van der Waals surface area contributed by atoms with Gasteiger partial charge < -0.3 is 19.7 Å². The molecule has 6 rings (SSSR count). The van der Waals surface area contributed by atoms with Crippen LogP contribution >= 0.6 is 0 Å². The summed E-state index contributed by atoms with van der Waals surface area (Å²) in [7, 11) is 0. The molecule has 2 bridgehead atoms. The van der Waals surface area contributed by atoms with E-state index in [1.807, 2.05) is 13.0 Å². The Hall–Kier alpha value is -3.00. The number of rotatable bonds is 5. The minimum atomic E-state index is 0.177. The van der Waals surface area contributed by atoms with Crippen LogP contribution in [0.5, 0.6) is 5.75 Å². The largest absolute Gasteiger partial charge is 0.488 e. The highest BCUT2D eigenvalue weighted by Crippen LogP contribution is 2.36. The van der Waals surface area contributed by atoms with E-state index in [2.05, 4.69) is 42.3 Å². The average molecular weight is 447 g/mol. The minimum Gasteiger partial charge on any atom is -0.488 e. The van der Waals surface area contributed by atoms with E-state index in [0.717, 1.165) is 85.7 Å². The lowest BCUT2D eigenvalue weighted by Crippen LogP contribution is -2.42. The Labute approximate surface area is 193 Å². The molecule has 1 aliphatic carbocycles. The molecule has 0 amide bonds. The smallest absolute Gasteiger partial charge is 0.149 e. The lowest BCUT2D eigenvalue weighted by molar-refractivity contribution is 0.0305. The van der Waals surface area contributed by atoms with Crippen LogP contribution in [-0.2, 0) is 4.74 Å².